The molecule has 0 radical (unpaired) electrons. The van der Waals surface area contributed by atoms with E-state index in [1.165, 1.54) is 29.8 Å². The third kappa shape index (κ3) is 3.53. The summed E-state index contributed by atoms with van der Waals surface area (Å²) in [5.74, 6) is 0.374. The van der Waals surface area contributed by atoms with E-state index in [4.69, 9.17) is 4.74 Å². The van der Waals surface area contributed by atoms with Crippen LogP contribution in [0.2, 0.25) is 0 Å². The molecule has 0 unspecified atom stereocenters. The molecule has 0 aliphatic heterocycles. The topological polar surface area (TPSA) is 26.3 Å². The quantitative estimate of drug-likeness (QED) is 0.606. The lowest BCUT2D eigenvalue weighted by molar-refractivity contribution is -0.140. The van der Waals surface area contributed by atoms with Crippen molar-refractivity contribution in [2.75, 3.05) is 0 Å². The summed E-state index contributed by atoms with van der Waals surface area (Å²) in [5.41, 5.74) is 1.35. The van der Waals surface area contributed by atoms with Crippen LogP contribution in [0.25, 0.3) is 0 Å². The highest BCUT2D eigenvalue weighted by molar-refractivity contribution is 5.75. The molecule has 0 bridgehead atoms. The Hall–Kier alpha value is -2.16. The molecule has 0 atom stereocenters. The molecule has 114 valence electrons. The average Bonchev–Trinajstić information content (AvgIpc) is 2.58. The molecular weight excluding hydrogens is 279 g/mol. The van der Waals surface area contributed by atoms with Crippen LogP contribution in [0.4, 0.5) is 4.39 Å². The fourth-order valence-electron chi connectivity index (χ4n) is 3.09. The molecule has 2 aromatic carbocycles. The standard InChI is InChI=1S/C19H19FO2/c20-17-10-12-18(13-11-17)22-19(21)16-8-6-15(7-9-16)14-4-2-1-3-5-14/h1-5,10-13,15-16H,6-9H2. The molecule has 0 heterocycles. The van der Waals surface area contributed by atoms with Crippen molar-refractivity contribution in [1.29, 1.82) is 0 Å². The Balaban J connectivity index is 1.54. The monoisotopic (exact) mass is 298 g/mol. The number of hydrogen-bond donors (Lipinski definition) is 0. The van der Waals surface area contributed by atoms with Crippen LogP contribution < -0.4 is 4.74 Å². The number of rotatable bonds is 3. The Labute approximate surface area is 129 Å². The molecule has 1 fully saturated rings. The Morgan fingerprint density at radius 2 is 1.55 bits per heavy atom. The molecule has 0 aromatic heterocycles. The maximum atomic E-state index is 12.8. The highest BCUT2D eigenvalue weighted by atomic mass is 19.1. The number of ether oxygens (including phenoxy) is 1. The van der Waals surface area contributed by atoms with Gasteiger partial charge in [0.05, 0.1) is 5.92 Å². The zero-order valence-electron chi connectivity index (χ0n) is 12.4. The Kier molecular flexibility index (Phi) is 4.52. The van der Waals surface area contributed by atoms with Gasteiger partial charge in [0.15, 0.2) is 0 Å². The minimum absolute atomic E-state index is 0.0509. The summed E-state index contributed by atoms with van der Waals surface area (Å²) in [6.07, 6.45) is 3.71. The third-order valence-corrected chi connectivity index (χ3v) is 4.36. The molecule has 0 amide bonds. The van der Waals surface area contributed by atoms with Crippen LogP contribution in [0.3, 0.4) is 0 Å². The van der Waals surface area contributed by atoms with Gasteiger partial charge in [-0.3, -0.25) is 4.79 Å². The minimum atomic E-state index is -0.330. The van der Waals surface area contributed by atoms with E-state index < -0.39 is 0 Å². The van der Waals surface area contributed by atoms with E-state index in [0.717, 1.165) is 25.7 Å². The van der Waals surface area contributed by atoms with Gasteiger partial charge in [0.2, 0.25) is 0 Å². The molecule has 3 rings (SSSR count). The van der Waals surface area contributed by atoms with Crippen molar-refractivity contribution < 1.29 is 13.9 Å². The molecule has 1 aliphatic rings. The van der Waals surface area contributed by atoms with E-state index in [-0.39, 0.29) is 17.7 Å². The van der Waals surface area contributed by atoms with Gasteiger partial charge in [0, 0.05) is 0 Å². The first kappa shape index (κ1) is 14.8. The smallest absolute Gasteiger partial charge is 0.314 e. The van der Waals surface area contributed by atoms with Gasteiger partial charge in [-0.15, -0.1) is 0 Å². The van der Waals surface area contributed by atoms with E-state index >= 15 is 0 Å². The van der Waals surface area contributed by atoms with Crippen LogP contribution in [-0.4, -0.2) is 5.97 Å². The number of carbonyl (C=O) groups excluding carboxylic acids is 1. The Morgan fingerprint density at radius 1 is 0.909 bits per heavy atom. The van der Waals surface area contributed by atoms with E-state index in [2.05, 4.69) is 24.3 Å². The van der Waals surface area contributed by atoms with Crippen molar-refractivity contribution in [3.63, 3.8) is 0 Å². The van der Waals surface area contributed by atoms with Crippen LogP contribution >= 0.6 is 0 Å². The van der Waals surface area contributed by atoms with Crippen molar-refractivity contribution in [2.24, 2.45) is 5.92 Å². The van der Waals surface area contributed by atoms with Gasteiger partial charge < -0.3 is 4.74 Å². The summed E-state index contributed by atoms with van der Waals surface area (Å²) in [4.78, 5) is 12.2. The zero-order chi connectivity index (χ0) is 15.4. The molecular formula is C19H19FO2. The first-order valence-corrected chi connectivity index (χ1v) is 7.74. The number of hydrogen-bond acceptors (Lipinski definition) is 2. The summed E-state index contributed by atoms with van der Waals surface area (Å²) < 4.78 is 18.2. The molecule has 22 heavy (non-hydrogen) atoms. The van der Waals surface area contributed by atoms with E-state index in [1.807, 2.05) is 6.07 Å². The Morgan fingerprint density at radius 3 is 2.18 bits per heavy atom. The summed E-state index contributed by atoms with van der Waals surface area (Å²) in [6, 6.07) is 16.0. The molecule has 1 saturated carbocycles. The summed E-state index contributed by atoms with van der Waals surface area (Å²) in [6.45, 7) is 0. The van der Waals surface area contributed by atoms with Crippen LogP contribution in [0.5, 0.6) is 5.75 Å². The maximum absolute atomic E-state index is 12.8. The van der Waals surface area contributed by atoms with Gasteiger partial charge in [-0.25, -0.2) is 4.39 Å². The summed E-state index contributed by atoms with van der Waals surface area (Å²) in [5, 5.41) is 0. The number of carbonyl (C=O) groups is 1. The lowest BCUT2D eigenvalue weighted by atomic mass is 9.79. The largest absolute Gasteiger partial charge is 0.426 e. The van der Waals surface area contributed by atoms with Gasteiger partial charge >= 0.3 is 5.97 Å². The van der Waals surface area contributed by atoms with E-state index in [9.17, 15) is 9.18 Å². The van der Waals surface area contributed by atoms with Crippen molar-refractivity contribution in [2.45, 2.75) is 31.6 Å². The Bertz CT molecular complexity index is 614. The highest BCUT2D eigenvalue weighted by Gasteiger charge is 2.28. The van der Waals surface area contributed by atoms with Crippen molar-refractivity contribution in [3.8, 4) is 5.75 Å². The molecule has 3 heteroatoms. The van der Waals surface area contributed by atoms with Gasteiger partial charge in [-0.2, -0.15) is 0 Å². The van der Waals surface area contributed by atoms with Crippen LogP contribution in [0.15, 0.2) is 54.6 Å². The lowest BCUT2D eigenvalue weighted by Gasteiger charge is -2.27. The number of benzene rings is 2. The fourth-order valence-corrected chi connectivity index (χ4v) is 3.09. The molecule has 0 saturated heterocycles. The first-order chi connectivity index (χ1) is 10.7. The predicted octanol–water partition coefficient (Wildman–Crippen LogP) is 4.71. The minimum Gasteiger partial charge on any atom is -0.426 e. The summed E-state index contributed by atoms with van der Waals surface area (Å²) in [7, 11) is 0. The SMILES string of the molecule is O=C(Oc1ccc(F)cc1)C1CCC(c2ccccc2)CC1. The average molecular weight is 298 g/mol. The first-order valence-electron chi connectivity index (χ1n) is 7.74. The predicted molar refractivity (Wildman–Crippen MR) is 83.2 cm³/mol. The highest BCUT2D eigenvalue weighted by Crippen LogP contribution is 2.36. The second kappa shape index (κ2) is 6.73. The van der Waals surface area contributed by atoms with Gasteiger partial charge in [-0.1, -0.05) is 30.3 Å². The molecule has 2 aromatic rings. The molecule has 0 spiro atoms. The normalized spacial score (nSPS) is 21.3. The van der Waals surface area contributed by atoms with Crippen molar-refractivity contribution in [1.82, 2.24) is 0 Å². The number of halogens is 1. The van der Waals surface area contributed by atoms with Crippen LogP contribution in [0.1, 0.15) is 37.2 Å². The molecule has 2 nitrogen and oxygen atoms in total. The van der Waals surface area contributed by atoms with Gasteiger partial charge in [-0.05, 0) is 61.4 Å². The second-order valence-corrected chi connectivity index (χ2v) is 5.83. The van der Waals surface area contributed by atoms with Gasteiger partial charge in [0.25, 0.3) is 0 Å². The summed E-state index contributed by atoms with van der Waals surface area (Å²) >= 11 is 0. The zero-order valence-corrected chi connectivity index (χ0v) is 12.4. The van der Waals surface area contributed by atoms with E-state index in [0.29, 0.717) is 11.7 Å². The second-order valence-electron chi connectivity index (χ2n) is 5.83. The van der Waals surface area contributed by atoms with Crippen molar-refractivity contribution in [3.05, 3.63) is 66.0 Å². The maximum Gasteiger partial charge on any atom is 0.314 e. The third-order valence-electron chi connectivity index (χ3n) is 4.36. The number of esters is 1. The van der Waals surface area contributed by atoms with Crippen LogP contribution in [-0.2, 0) is 4.79 Å². The van der Waals surface area contributed by atoms with E-state index in [1.54, 1.807) is 0 Å². The van der Waals surface area contributed by atoms with Crippen LogP contribution in [0, 0.1) is 11.7 Å². The molecule has 0 N–H and O–H groups in total. The molecule has 1 aliphatic carbocycles. The van der Waals surface area contributed by atoms with Gasteiger partial charge in [0.1, 0.15) is 11.6 Å². The lowest BCUT2D eigenvalue weighted by Crippen LogP contribution is -2.25. The fraction of sp³-hybridized carbons (Fsp3) is 0.316. The van der Waals surface area contributed by atoms with Crippen molar-refractivity contribution >= 4 is 5.97 Å².